The molecule has 2 saturated heterocycles. The number of hydrogen-bond donors (Lipinski definition) is 3. The molecule has 0 spiro atoms. The van der Waals surface area contributed by atoms with Gasteiger partial charge in [0.1, 0.15) is 11.6 Å². The van der Waals surface area contributed by atoms with Crippen molar-refractivity contribution in [1.82, 2.24) is 25.1 Å². The van der Waals surface area contributed by atoms with Gasteiger partial charge in [0.05, 0.1) is 11.6 Å². The third-order valence-corrected chi connectivity index (χ3v) is 6.48. The van der Waals surface area contributed by atoms with Crippen molar-refractivity contribution in [1.29, 1.82) is 5.26 Å². The zero-order valence-electron chi connectivity index (χ0n) is 18.1. The number of aromatic nitrogens is 4. The summed E-state index contributed by atoms with van der Waals surface area (Å²) < 4.78 is 0. The predicted octanol–water partition coefficient (Wildman–Crippen LogP) is 2.58. The van der Waals surface area contributed by atoms with Crippen molar-refractivity contribution in [2.75, 3.05) is 17.2 Å². The van der Waals surface area contributed by atoms with Gasteiger partial charge in [-0.3, -0.25) is 14.7 Å². The van der Waals surface area contributed by atoms with Crippen LogP contribution in [0.3, 0.4) is 0 Å². The lowest BCUT2D eigenvalue weighted by molar-refractivity contribution is 0.0994. The van der Waals surface area contributed by atoms with E-state index in [4.69, 9.17) is 16.0 Å². The number of fused-ring (bicyclic) bond motifs is 3. The van der Waals surface area contributed by atoms with Gasteiger partial charge in [-0.15, -0.1) is 10.2 Å². The molecule has 2 aliphatic heterocycles. The predicted molar refractivity (Wildman–Crippen MR) is 124 cm³/mol. The molecule has 3 aromatic rings. The van der Waals surface area contributed by atoms with Crippen molar-refractivity contribution in [3.8, 4) is 6.07 Å². The quantitative estimate of drug-likeness (QED) is 0.501. The molecule has 2 unspecified atom stereocenters. The van der Waals surface area contributed by atoms with Crippen LogP contribution in [0.15, 0.2) is 36.5 Å². The van der Waals surface area contributed by atoms with Gasteiger partial charge in [0, 0.05) is 48.7 Å². The van der Waals surface area contributed by atoms with E-state index in [1.54, 1.807) is 12.3 Å². The summed E-state index contributed by atoms with van der Waals surface area (Å²) in [6, 6.07) is 12.5. The van der Waals surface area contributed by atoms with Gasteiger partial charge < -0.3 is 16.4 Å². The Labute approximate surface area is 191 Å². The smallest absolute Gasteiger partial charge is 0.269 e. The molecule has 168 valence electrons. The fourth-order valence-electron chi connectivity index (χ4n) is 5.04. The molecule has 1 amide bonds. The topological polar surface area (TPSA) is 146 Å². The van der Waals surface area contributed by atoms with E-state index in [1.165, 1.54) is 18.9 Å². The molecular formula is C23H25N9O. The van der Waals surface area contributed by atoms with Crippen LogP contribution in [0.4, 0.5) is 17.5 Å². The monoisotopic (exact) mass is 443 g/mol. The molecule has 4 N–H and O–H groups in total. The number of rotatable bonds is 7. The Hall–Kier alpha value is -3.84. The number of hydrogen-bond acceptors (Lipinski definition) is 9. The summed E-state index contributed by atoms with van der Waals surface area (Å²) in [5, 5.41) is 24.6. The molecule has 2 bridgehead atoms. The summed E-state index contributed by atoms with van der Waals surface area (Å²) >= 11 is 0. The second-order valence-electron chi connectivity index (χ2n) is 8.56. The first kappa shape index (κ1) is 21.0. The fourth-order valence-corrected chi connectivity index (χ4v) is 5.04. The minimum absolute atomic E-state index is 0.104. The molecule has 10 heteroatoms. The van der Waals surface area contributed by atoms with Crippen LogP contribution in [-0.2, 0) is 0 Å². The Bertz CT molecular complexity index is 1190. The third-order valence-electron chi connectivity index (χ3n) is 6.48. The molecule has 0 saturated carbocycles. The Morgan fingerprint density at radius 2 is 2.00 bits per heavy atom. The van der Waals surface area contributed by atoms with Gasteiger partial charge in [0.15, 0.2) is 11.5 Å². The molecule has 5 rings (SSSR count). The van der Waals surface area contributed by atoms with Gasteiger partial charge in [0.2, 0.25) is 0 Å². The molecule has 2 aliphatic rings. The van der Waals surface area contributed by atoms with E-state index in [-0.39, 0.29) is 5.69 Å². The van der Waals surface area contributed by atoms with Gasteiger partial charge in [-0.1, -0.05) is 0 Å². The number of anilines is 3. The summed E-state index contributed by atoms with van der Waals surface area (Å²) in [4.78, 5) is 23.1. The normalized spacial score (nSPS) is 22.1. The SMILES string of the molecule is N#CCCN1C2CCC1CC(Nc1nc(Nc3ccc(C(N)=O)nn3)cc3ncccc13)C2. The lowest BCUT2D eigenvalue weighted by atomic mass is 9.97. The van der Waals surface area contributed by atoms with E-state index >= 15 is 0 Å². The van der Waals surface area contributed by atoms with E-state index < -0.39 is 5.91 Å². The van der Waals surface area contributed by atoms with E-state index in [1.807, 2.05) is 18.2 Å². The second kappa shape index (κ2) is 8.96. The molecule has 3 aromatic heterocycles. The molecule has 0 aliphatic carbocycles. The number of carbonyl (C=O) groups is 1. The minimum Gasteiger partial charge on any atom is -0.367 e. The summed E-state index contributed by atoms with van der Waals surface area (Å²) in [6.07, 6.45) is 6.77. The van der Waals surface area contributed by atoms with Crippen LogP contribution in [0.25, 0.3) is 10.9 Å². The maximum absolute atomic E-state index is 11.2. The number of primary amides is 1. The second-order valence-corrected chi connectivity index (χ2v) is 8.56. The van der Waals surface area contributed by atoms with E-state index in [9.17, 15) is 4.79 Å². The van der Waals surface area contributed by atoms with E-state index in [0.717, 1.165) is 36.1 Å². The first-order chi connectivity index (χ1) is 16.1. The van der Waals surface area contributed by atoms with Crippen molar-refractivity contribution in [2.24, 2.45) is 5.73 Å². The molecule has 10 nitrogen and oxygen atoms in total. The van der Waals surface area contributed by atoms with Crippen molar-refractivity contribution >= 4 is 34.3 Å². The van der Waals surface area contributed by atoms with Crippen LogP contribution < -0.4 is 16.4 Å². The summed E-state index contributed by atoms with van der Waals surface area (Å²) in [5.41, 5.74) is 6.15. The lowest BCUT2D eigenvalue weighted by Gasteiger charge is -2.39. The van der Waals surface area contributed by atoms with Crippen LogP contribution >= 0.6 is 0 Å². The summed E-state index contributed by atoms with van der Waals surface area (Å²) in [6.45, 7) is 0.860. The van der Waals surface area contributed by atoms with E-state index in [2.05, 4.69) is 36.8 Å². The number of carbonyl (C=O) groups excluding carboxylic acids is 1. The molecule has 5 heterocycles. The Kier molecular flexibility index (Phi) is 5.71. The zero-order valence-corrected chi connectivity index (χ0v) is 18.1. The van der Waals surface area contributed by atoms with Gasteiger partial charge in [0.25, 0.3) is 5.91 Å². The summed E-state index contributed by atoms with van der Waals surface area (Å²) in [7, 11) is 0. The number of piperidine rings is 1. The highest BCUT2D eigenvalue weighted by Crippen LogP contribution is 2.37. The number of nitrogens with one attached hydrogen (secondary N) is 2. The van der Waals surface area contributed by atoms with Gasteiger partial charge >= 0.3 is 0 Å². The molecule has 2 atom stereocenters. The average molecular weight is 444 g/mol. The van der Waals surface area contributed by atoms with Crippen molar-refractivity contribution in [3.05, 3.63) is 42.2 Å². The Morgan fingerprint density at radius 3 is 2.70 bits per heavy atom. The number of nitrogens with two attached hydrogens (primary N) is 1. The molecule has 0 aromatic carbocycles. The first-order valence-corrected chi connectivity index (χ1v) is 11.2. The average Bonchev–Trinajstić information content (AvgIpc) is 3.05. The molecule has 0 radical (unpaired) electrons. The van der Waals surface area contributed by atoms with Crippen LogP contribution in [0.1, 0.15) is 42.6 Å². The number of nitrogens with zero attached hydrogens (tertiary/aromatic N) is 6. The maximum atomic E-state index is 11.2. The largest absolute Gasteiger partial charge is 0.367 e. The number of nitriles is 1. The van der Waals surface area contributed by atoms with Crippen molar-refractivity contribution in [2.45, 2.75) is 50.2 Å². The Morgan fingerprint density at radius 1 is 1.18 bits per heavy atom. The Balaban J connectivity index is 1.37. The fraction of sp³-hybridized carbons (Fsp3) is 0.391. The zero-order chi connectivity index (χ0) is 22.8. The number of pyridine rings is 2. The maximum Gasteiger partial charge on any atom is 0.269 e. The highest BCUT2D eigenvalue weighted by Gasteiger charge is 2.40. The van der Waals surface area contributed by atoms with Crippen LogP contribution in [0.2, 0.25) is 0 Å². The molecular weight excluding hydrogens is 418 g/mol. The van der Waals surface area contributed by atoms with Crippen LogP contribution in [-0.4, -0.2) is 55.6 Å². The number of amides is 1. The molecule has 33 heavy (non-hydrogen) atoms. The van der Waals surface area contributed by atoms with Gasteiger partial charge in [-0.25, -0.2) is 4.98 Å². The summed E-state index contributed by atoms with van der Waals surface area (Å²) in [5.74, 6) is 1.19. The van der Waals surface area contributed by atoms with Crippen LogP contribution in [0.5, 0.6) is 0 Å². The van der Waals surface area contributed by atoms with Crippen molar-refractivity contribution < 1.29 is 4.79 Å². The first-order valence-electron chi connectivity index (χ1n) is 11.2. The van der Waals surface area contributed by atoms with E-state index in [0.29, 0.717) is 36.2 Å². The highest BCUT2D eigenvalue weighted by atomic mass is 16.1. The van der Waals surface area contributed by atoms with Crippen molar-refractivity contribution in [3.63, 3.8) is 0 Å². The lowest BCUT2D eigenvalue weighted by Crippen LogP contribution is -2.47. The van der Waals surface area contributed by atoms with Crippen LogP contribution in [0, 0.1) is 11.3 Å². The van der Waals surface area contributed by atoms with Gasteiger partial charge in [-0.05, 0) is 49.9 Å². The minimum atomic E-state index is -0.624. The molecule has 2 fully saturated rings. The highest BCUT2D eigenvalue weighted by molar-refractivity contribution is 5.92. The standard InChI is InChI=1S/C23H25N9O/c24-8-2-10-32-15-4-5-16(32)12-14(11-15)27-23-17-3-1-9-26-19(17)13-21(29-23)28-20-7-6-18(22(25)33)30-31-20/h1,3,6-7,9,13-16H,2,4-5,10-12H2,(H2,25,33)(H2,27,28,29,31). The van der Waals surface area contributed by atoms with Gasteiger partial charge in [-0.2, -0.15) is 5.26 Å². The third kappa shape index (κ3) is 4.40.